The normalized spacial score (nSPS) is 14.7. The quantitative estimate of drug-likeness (QED) is 0.742. The van der Waals surface area contributed by atoms with Gasteiger partial charge < -0.3 is 11.1 Å². The summed E-state index contributed by atoms with van der Waals surface area (Å²) in [4.78, 5) is 11.7. The summed E-state index contributed by atoms with van der Waals surface area (Å²) >= 11 is 0. The van der Waals surface area contributed by atoms with E-state index in [2.05, 4.69) is 10.4 Å². The van der Waals surface area contributed by atoms with Crippen LogP contribution in [0.4, 0.5) is 0 Å². The van der Waals surface area contributed by atoms with Crippen LogP contribution in [0, 0.1) is 5.92 Å². The smallest absolute Gasteiger partial charge is 0.271 e. The highest BCUT2D eigenvalue weighted by molar-refractivity contribution is 5.92. The maximum Gasteiger partial charge on any atom is 0.271 e. The Labute approximate surface area is 89.6 Å². The lowest BCUT2D eigenvalue weighted by Crippen LogP contribution is -2.39. The zero-order valence-electron chi connectivity index (χ0n) is 9.40. The van der Waals surface area contributed by atoms with E-state index in [1.165, 1.54) is 0 Å². The molecule has 0 fully saturated rings. The maximum atomic E-state index is 11.7. The Kier molecular flexibility index (Phi) is 3.85. The third-order valence-electron chi connectivity index (χ3n) is 2.53. The summed E-state index contributed by atoms with van der Waals surface area (Å²) in [6.07, 6.45) is 1.74. The van der Waals surface area contributed by atoms with E-state index in [4.69, 9.17) is 5.73 Å². The molecule has 3 N–H and O–H groups in total. The molecule has 1 aromatic rings. The van der Waals surface area contributed by atoms with Crippen molar-refractivity contribution in [3.63, 3.8) is 0 Å². The van der Waals surface area contributed by atoms with Crippen LogP contribution in [-0.2, 0) is 7.05 Å². The highest BCUT2D eigenvalue weighted by Gasteiger charge is 2.15. The van der Waals surface area contributed by atoms with Crippen LogP contribution in [0.3, 0.4) is 0 Å². The molecule has 2 unspecified atom stereocenters. The van der Waals surface area contributed by atoms with Gasteiger partial charge in [-0.2, -0.15) is 5.10 Å². The Bertz CT molecular complexity index is 334. The number of carbonyl (C=O) groups excluding carboxylic acids is 1. The van der Waals surface area contributed by atoms with Gasteiger partial charge in [-0.3, -0.25) is 9.48 Å². The minimum atomic E-state index is -0.150. The van der Waals surface area contributed by atoms with Gasteiger partial charge in [0.1, 0.15) is 5.69 Å². The van der Waals surface area contributed by atoms with Crippen molar-refractivity contribution < 1.29 is 4.79 Å². The number of carbonyl (C=O) groups is 1. The second-order valence-electron chi connectivity index (χ2n) is 3.85. The van der Waals surface area contributed by atoms with Gasteiger partial charge in [0, 0.05) is 19.3 Å². The van der Waals surface area contributed by atoms with Gasteiger partial charge in [0.05, 0.1) is 0 Å². The number of hydrogen-bond donors (Lipinski definition) is 2. The number of nitrogens with one attached hydrogen (secondary N) is 1. The van der Waals surface area contributed by atoms with Crippen molar-refractivity contribution in [2.75, 3.05) is 6.54 Å². The SMILES string of the molecule is CC(CN)C(C)NC(=O)c1ccn(C)n1. The molecule has 5 nitrogen and oxygen atoms in total. The summed E-state index contributed by atoms with van der Waals surface area (Å²) in [6.45, 7) is 4.51. The largest absolute Gasteiger partial charge is 0.348 e. The molecule has 0 aromatic carbocycles. The lowest BCUT2D eigenvalue weighted by atomic mass is 10.0. The van der Waals surface area contributed by atoms with Gasteiger partial charge >= 0.3 is 0 Å². The molecule has 2 atom stereocenters. The molecule has 0 spiro atoms. The molecular formula is C10H18N4O. The molecule has 1 amide bonds. The van der Waals surface area contributed by atoms with Crippen LogP contribution in [0.2, 0.25) is 0 Å². The van der Waals surface area contributed by atoms with E-state index >= 15 is 0 Å². The number of aromatic nitrogens is 2. The zero-order valence-corrected chi connectivity index (χ0v) is 9.40. The Morgan fingerprint density at radius 1 is 1.67 bits per heavy atom. The average molecular weight is 210 g/mol. The monoisotopic (exact) mass is 210 g/mol. The third-order valence-corrected chi connectivity index (χ3v) is 2.53. The third kappa shape index (κ3) is 3.06. The predicted octanol–water partition coefficient (Wildman–Crippen LogP) is 0.133. The van der Waals surface area contributed by atoms with E-state index in [-0.39, 0.29) is 17.9 Å². The van der Waals surface area contributed by atoms with Crippen molar-refractivity contribution in [1.82, 2.24) is 15.1 Å². The molecule has 1 heterocycles. The van der Waals surface area contributed by atoms with Crippen LogP contribution in [0.1, 0.15) is 24.3 Å². The molecule has 0 aliphatic heterocycles. The minimum absolute atomic E-state index is 0.0597. The average Bonchev–Trinajstić information content (AvgIpc) is 2.63. The molecule has 1 aromatic heterocycles. The van der Waals surface area contributed by atoms with Crippen LogP contribution >= 0.6 is 0 Å². The van der Waals surface area contributed by atoms with Gasteiger partial charge in [-0.25, -0.2) is 0 Å². The zero-order chi connectivity index (χ0) is 11.4. The molecule has 15 heavy (non-hydrogen) atoms. The minimum Gasteiger partial charge on any atom is -0.348 e. The van der Waals surface area contributed by atoms with Crippen LogP contribution in [0.25, 0.3) is 0 Å². The van der Waals surface area contributed by atoms with Crippen molar-refractivity contribution in [3.8, 4) is 0 Å². The Morgan fingerprint density at radius 3 is 2.80 bits per heavy atom. The lowest BCUT2D eigenvalue weighted by Gasteiger charge is -2.18. The van der Waals surface area contributed by atoms with Crippen LogP contribution in [0.15, 0.2) is 12.3 Å². The van der Waals surface area contributed by atoms with E-state index in [9.17, 15) is 4.79 Å². The summed E-state index contributed by atoms with van der Waals surface area (Å²) in [5.41, 5.74) is 5.96. The van der Waals surface area contributed by atoms with Gasteiger partial charge in [0.15, 0.2) is 0 Å². The molecule has 0 bridgehead atoms. The Morgan fingerprint density at radius 2 is 2.33 bits per heavy atom. The summed E-state index contributed by atoms with van der Waals surface area (Å²) in [5.74, 6) is 0.112. The molecule has 0 saturated heterocycles. The Balaban J connectivity index is 2.56. The number of nitrogens with two attached hydrogens (primary N) is 1. The maximum absolute atomic E-state index is 11.7. The van der Waals surface area contributed by atoms with E-state index < -0.39 is 0 Å². The molecule has 1 rings (SSSR count). The molecule has 0 radical (unpaired) electrons. The number of rotatable bonds is 4. The first-order valence-electron chi connectivity index (χ1n) is 5.05. The van der Waals surface area contributed by atoms with Gasteiger partial charge in [-0.1, -0.05) is 6.92 Å². The van der Waals surface area contributed by atoms with E-state index in [0.29, 0.717) is 12.2 Å². The first kappa shape index (κ1) is 11.7. The molecular weight excluding hydrogens is 192 g/mol. The highest BCUT2D eigenvalue weighted by Crippen LogP contribution is 2.01. The Hall–Kier alpha value is -1.36. The number of nitrogens with zero attached hydrogens (tertiary/aromatic N) is 2. The summed E-state index contributed by atoms with van der Waals surface area (Å²) < 4.78 is 1.60. The van der Waals surface area contributed by atoms with Gasteiger partial charge in [0.2, 0.25) is 0 Å². The van der Waals surface area contributed by atoms with Crippen molar-refractivity contribution >= 4 is 5.91 Å². The second-order valence-corrected chi connectivity index (χ2v) is 3.85. The molecule has 0 aliphatic carbocycles. The van der Waals surface area contributed by atoms with Gasteiger partial charge in [0.25, 0.3) is 5.91 Å². The molecule has 0 saturated carbocycles. The number of amides is 1. The van der Waals surface area contributed by atoms with Gasteiger partial charge in [-0.05, 0) is 25.5 Å². The van der Waals surface area contributed by atoms with Crippen molar-refractivity contribution in [2.45, 2.75) is 19.9 Å². The van der Waals surface area contributed by atoms with E-state index in [0.717, 1.165) is 0 Å². The molecule has 0 aliphatic rings. The highest BCUT2D eigenvalue weighted by atomic mass is 16.2. The summed E-state index contributed by atoms with van der Waals surface area (Å²) in [7, 11) is 1.78. The summed E-state index contributed by atoms with van der Waals surface area (Å²) in [6, 6.07) is 1.75. The predicted molar refractivity (Wildman–Crippen MR) is 58.4 cm³/mol. The standard InChI is InChI=1S/C10H18N4O/c1-7(6-11)8(2)12-10(15)9-4-5-14(3)13-9/h4-5,7-8H,6,11H2,1-3H3,(H,12,15). The van der Waals surface area contributed by atoms with E-state index in [1.807, 2.05) is 13.8 Å². The molecule has 84 valence electrons. The summed E-state index contributed by atoms with van der Waals surface area (Å²) in [5, 5.41) is 6.89. The fourth-order valence-corrected chi connectivity index (χ4v) is 1.16. The van der Waals surface area contributed by atoms with Crippen LogP contribution < -0.4 is 11.1 Å². The first-order valence-corrected chi connectivity index (χ1v) is 5.05. The lowest BCUT2D eigenvalue weighted by molar-refractivity contribution is 0.0924. The van der Waals surface area contributed by atoms with Crippen molar-refractivity contribution in [1.29, 1.82) is 0 Å². The second kappa shape index (κ2) is 4.93. The van der Waals surface area contributed by atoms with Crippen LogP contribution in [0.5, 0.6) is 0 Å². The van der Waals surface area contributed by atoms with Gasteiger partial charge in [-0.15, -0.1) is 0 Å². The molecule has 5 heteroatoms. The van der Waals surface area contributed by atoms with Crippen molar-refractivity contribution in [3.05, 3.63) is 18.0 Å². The topological polar surface area (TPSA) is 72.9 Å². The van der Waals surface area contributed by atoms with Crippen LogP contribution in [-0.4, -0.2) is 28.3 Å². The fourth-order valence-electron chi connectivity index (χ4n) is 1.16. The number of hydrogen-bond acceptors (Lipinski definition) is 3. The van der Waals surface area contributed by atoms with Crippen molar-refractivity contribution in [2.24, 2.45) is 18.7 Å². The first-order chi connectivity index (χ1) is 7.04. The van der Waals surface area contributed by atoms with E-state index in [1.54, 1.807) is 24.0 Å². The fraction of sp³-hybridized carbons (Fsp3) is 0.600. The number of aryl methyl sites for hydroxylation is 1.